The molecule has 0 aromatic heterocycles. The first kappa shape index (κ1) is 13.5. The average Bonchev–Trinajstić information content (AvgIpc) is 2.30. The molecule has 1 atom stereocenters. The van der Waals surface area contributed by atoms with Gasteiger partial charge in [-0.1, -0.05) is 30.3 Å². The van der Waals surface area contributed by atoms with Crippen molar-refractivity contribution < 1.29 is 9.53 Å². The number of hydrogen-bond acceptors (Lipinski definition) is 3. The Morgan fingerprint density at radius 2 is 2.24 bits per heavy atom. The van der Waals surface area contributed by atoms with Crippen LogP contribution in [0.25, 0.3) is 0 Å². The van der Waals surface area contributed by atoms with Gasteiger partial charge in [-0.3, -0.25) is 4.79 Å². The Kier molecular flexibility index (Phi) is 5.43. The van der Waals surface area contributed by atoms with Gasteiger partial charge in [0.05, 0.1) is 6.61 Å². The zero-order valence-electron chi connectivity index (χ0n) is 10.2. The van der Waals surface area contributed by atoms with Crippen molar-refractivity contribution in [1.29, 1.82) is 0 Å². The first-order valence-corrected chi connectivity index (χ1v) is 5.78. The van der Waals surface area contributed by atoms with Gasteiger partial charge in [0, 0.05) is 0 Å². The third kappa shape index (κ3) is 4.41. The van der Waals surface area contributed by atoms with Crippen LogP contribution in [0.1, 0.15) is 18.1 Å². The van der Waals surface area contributed by atoms with E-state index in [9.17, 15) is 4.79 Å². The predicted molar refractivity (Wildman–Crippen MR) is 68.7 cm³/mol. The average molecular weight is 233 g/mol. The van der Waals surface area contributed by atoms with Gasteiger partial charge < -0.3 is 10.5 Å². The lowest BCUT2D eigenvalue weighted by Crippen LogP contribution is -2.34. The summed E-state index contributed by atoms with van der Waals surface area (Å²) in [6, 6.07) is 7.41. The molecule has 1 rings (SSSR count). The smallest absolute Gasteiger partial charge is 0.323 e. The molecule has 0 bridgehead atoms. The van der Waals surface area contributed by atoms with Crippen molar-refractivity contribution >= 4 is 5.97 Å². The van der Waals surface area contributed by atoms with Crippen molar-refractivity contribution in [1.82, 2.24) is 0 Å². The zero-order valence-corrected chi connectivity index (χ0v) is 10.2. The number of hydrogen-bond donors (Lipinski definition) is 1. The van der Waals surface area contributed by atoms with Crippen LogP contribution in [0, 0.1) is 0 Å². The molecule has 0 saturated carbocycles. The van der Waals surface area contributed by atoms with Gasteiger partial charge in [-0.2, -0.15) is 0 Å². The van der Waals surface area contributed by atoms with E-state index in [1.54, 1.807) is 6.92 Å². The first-order chi connectivity index (χ1) is 8.17. The first-order valence-electron chi connectivity index (χ1n) is 5.78. The van der Waals surface area contributed by atoms with Gasteiger partial charge in [0.2, 0.25) is 0 Å². The third-order valence-electron chi connectivity index (χ3n) is 2.42. The summed E-state index contributed by atoms with van der Waals surface area (Å²) in [6.45, 7) is 5.84. The van der Waals surface area contributed by atoms with E-state index in [1.165, 1.54) is 5.56 Å². The van der Waals surface area contributed by atoms with Gasteiger partial charge in [0.15, 0.2) is 0 Å². The highest BCUT2D eigenvalue weighted by molar-refractivity contribution is 5.75. The summed E-state index contributed by atoms with van der Waals surface area (Å²) < 4.78 is 4.87. The van der Waals surface area contributed by atoms with Crippen molar-refractivity contribution in [2.75, 3.05) is 6.61 Å². The maximum atomic E-state index is 11.4. The molecule has 0 radical (unpaired) electrons. The maximum Gasteiger partial charge on any atom is 0.323 e. The van der Waals surface area contributed by atoms with Gasteiger partial charge >= 0.3 is 5.97 Å². The molecule has 17 heavy (non-hydrogen) atoms. The molecule has 2 N–H and O–H groups in total. The Bertz CT molecular complexity index is 388. The number of allylic oxidation sites excluding steroid dienone is 1. The molecule has 0 spiro atoms. The maximum absolute atomic E-state index is 11.4. The minimum absolute atomic E-state index is 0.346. The number of benzene rings is 1. The summed E-state index contributed by atoms with van der Waals surface area (Å²) in [5, 5.41) is 0. The zero-order chi connectivity index (χ0) is 12.7. The Morgan fingerprint density at radius 3 is 2.88 bits per heavy atom. The van der Waals surface area contributed by atoms with Crippen LogP contribution in [0.5, 0.6) is 0 Å². The summed E-state index contributed by atoms with van der Waals surface area (Å²) in [5.41, 5.74) is 7.99. The summed E-state index contributed by atoms with van der Waals surface area (Å²) in [5.74, 6) is -0.346. The number of carbonyl (C=O) groups excluding carboxylic acids is 1. The van der Waals surface area contributed by atoms with E-state index >= 15 is 0 Å². The van der Waals surface area contributed by atoms with E-state index in [1.807, 2.05) is 30.3 Å². The molecule has 0 amide bonds. The van der Waals surface area contributed by atoms with Gasteiger partial charge in [-0.05, 0) is 30.9 Å². The molecular weight excluding hydrogens is 214 g/mol. The topological polar surface area (TPSA) is 52.3 Å². The fraction of sp³-hybridized carbons (Fsp3) is 0.357. The molecule has 0 fully saturated rings. The molecule has 0 unspecified atom stereocenters. The van der Waals surface area contributed by atoms with Crippen LogP contribution in [0.15, 0.2) is 36.9 Å². The molecular formula is C14H19NO2. The highest BCUT2D eigenvalue weighted by atomic mass is 16.5. The number of carbonyl (C=O) groups is 1. The SMILES string of the molecule is C=CCc1cccc(C[C@@H](N)C(=O)OCC)c1. The summed E-state index contributed by atoms with van der Waals surface area (Å²) in [6.07, 6.45) is 3.18. The lowest BCUT2D eigenvalue weighted by molar-refractivity contribution is -0.144. The number of esters is 1. The molecule has 0 aliphatic rings. The Balaban J connectivity index is 2.64. The molecule has 3 heteroatoms. The second kappa shape index (κ2) is 6.86. The molecule has 0 saturated heterocycles. The van der Waals surface area contributed by atoms with E-state index < -0.39 is 6.04 Å². The fourth-order valence-electron chi connectivity index (χ4n) is 1.64. The Labute approximate surface area is 102 Å². The van der Waals surface area contributed by atoms with Crippen molar-refractivity contribution in [3.8, 4) is 0 Å². The van der Waals surface area contributed by atoms with E-state index in [-0.39, 0.29) is 5.97 Å². The van der Waals surface area contributed by atoms with Crippen LogP contribution in [-0.2, 0) is 22.4 Å². The van der Waals surface area contributed by atoms with Crippen LogP contribution in [-0.4, -0.2) is 18.6 Å². The molecule has 0 aliphatic heterocycles. The Morgan fingerprint density at radius 1 is 1.53 bits per heavy atom. The summed E-state index contributed by atoms with van der Waals surface area (Å²) >= 11 is 0. The predicted octanol–water partition coefficient (Wildman–Crippen LogP) is 1.85. The molecule has 1 aromatic carbocycles. The van der Waals surface area contributed by atoms with E-state index in [4.69, 9.17) is 10.5 Å². The molecule has 3 nitrogen and oxygen atoms in total. The van der Waals surface area contributed by atoms with Gasteiger partial charge in [0.1, 0.15) is 6.04 Å². The normalized spacial score (nSPS) is 11.9. The monoisotopic (exact) mass is 233 g/mol. The lowest BCUT2D eigenvalue weighted by Gasteiger charge is -2.11. The van der Waals surface area contributed by atoms with E-state index in [0.29, 0.717) is 13.0 Å². The van der Waals surface area contributed by atoms with Crippen LogP contribution in [0.3, 0.4) is 0 Å². The highest BCUT2D eigenvalue weighted by Gasteiger charge is 2.14. The molecule has 0 heterocycles. The van der Waals surface area contributed by atoms with Crippen LogP contribution >= 0.6 is 0 Å². The van der Waals surface area contributed by atoms with Crippen LogP contribution in [0.4, 0.5) is 0 Å². The highest BCUT2D eigenvalue weighted by Crippen LogP contribution is 2.09. The second-order valence-corrected chi connectivity index (χ2v) is 3.88. The fourth-order valence-corrected chi connectivity index (χ4v) is 1.64. The standard InChI is InChI=1S/C14H19NO2/c1-3-6-11-7-5-8-12(9-11)10-13(15)14(16)17-4-2/h3,5,7-9,13H,1,4,6,10,15H2,2H3/t13-/m1/s1. The summed E-state index contributed by atoms with van der Waals surface area (Å²) in [4.78, 5) is 11.4. The van der Waals surface area contributed by atoms with Gasteiger partial charge in [-0.15, -0.1) is 6.58 Å². The minimum Gasteiger partial charge on any atom is -0.465 e. The van der Waals surface area contributed by atoms with Crippen molar-refractivity contribution in [3.05, 3.63) is 48.0 Å². The van der Waals surface area contributed by atoms with Gasteiger partial charge in [0.25, 0.3) is 0 Å². The van der Waals surface area contributed by atoms with Crippen molar-refractivity contribution in [2.45, 2.75) is 25.8 Å². The molecule has 92 valence electrons. The lowest BCUT2D eigenvalue weighted by atomic mass is 10.0. The summed E-state index contributed by atoms with van der Waals surface area (Å²) in [7, 11) is 0. The third-order valence-corrected chi connectivity index (χ3v) is 2.42. The molecule has 1 aromatic rings. The van der Waals surface area contributed by atoms with Crippen LogP contribution < -0.4 is 5.73 Å². The van der Waals surface area contributed by atoms with E-state index in [0.717, 1.165) is 12.0 Å². The molecule has 0 aliphatic carbocycles. The largest absolute Gasteiger partial charge is 0.465 e. The van der Waals surface area contributed by atoms with E-state index in [2.05, 4.69) is 6.58 Å². The van der Waals surface area contributed by atoms with Gasteiger partial charge in [-0.25, -0.2) is 0 Å². The number of ether oxygens (including phenoxy) is 1. The van der Waals surface area contributed by atoms with Crippen molar-refractivity contribution in [2.24, 2.45) is 5.73 Å². The van der Waals surface area contributed by atoms with Crippen molar-refractivity contribution in [3.63, 3.8) is 0 Å². The quantitative estimate of drug-likeness (QED) is 0.602. The second-order valence-electron chi connectivity index (χ2n) is 3.88. The Hall–Kier alpha value is -1.61. The minimum atomic E-state index is -0.589. The number of rotatable bonds is 6. The number of nitrogens with two attached hydrogens (primary N) is 1. The van der Waals surface area contributed by atoms with Crippen LogP contribution in [0.2, 0.25) is 0 Å².